The number of allylic oxidation sites excluding steroid dienone is 2. The highest BCUT2D eigenvalue weighted by Crippen LogP contribution is 1.79. The van der Waals surface area contributed by atoms with Crippen LogP contribution >= 0.6 is 0 Å². The molecular weight excluding hydrogens is 180 g/mol. The first kappa shape index (κ1) is 13.7. The van der Waals surface area contributed by atoms with Crippen molar-refractivity contribution in [2.24, 2.45) is 0 Å². The molecule has 0 saturated carbocycles. The molecule has 0 aliphatic heterocycles. The summed E-state index contributed by atoms with van der Waals surface area (Å²) in [5.74, 6) is 0. The predicted molar refractivity (Wildman–Crippen MR) is 71.1 cm³/mol. The van der Waals surface area contributed by atoms with E-state index in [1.54, 1.807) is 0 Å². The van der Waals surface area contributed by atoms with Crippen LogP contribution in [-0.4, -0.2) is 0 Å². The fraction of sp³-hybridized carbons (Fsp3) is 0.333. The van der Waals surface area contributed by atoms with Gasteiger partial charge >= 0.3 is 0 Å². The van der Waals surface area contributed by atoms with Gasteiger partial charge in [-0.3, -0.25) is 0 Å². The smallest absolute Gasteiger partial charge is 0.0190 e. The number of benzene rings is 1. The normalized spacial score (nSPS) is 11.3. The molecule has 0 aliphatic rings. The molecule has 0 spiro atoms. The van der Waals surface area contributed by atoms with Gasteiger partial charge < -0.3 is 0 Å². The van der Waals surface area contributed by atoms with Crippen LogP contribution in [-0.2, 0) is 0 Å². The van der Waals surface area contributed by atoms with Gasteiger partial charge in [-0.15, -0.1) is 0 Å². The molecule has 0 saturated heterocycles. The van der Waals surface area contributed by atoms with Gasteiger partial charge in [0.2, 0.25) is 0 Å². The van der Waals surface area contributed by atoms with Crippen LogP contribution < -0.4 is 10.4 Å². The quantitative estimate of drug-likeness (QED) is 0.690. The average Bonchev–Trinajstić information content (AvgIpc) is 2.22. The van der Waals surface area contributed by atoms with Crippen LogP contribution in [0.3, 0.4) is 0 Å². The third kappa shape index (κ3) is 6.73. The minimum atomic E-state index is 1.08. The van der Waals surface area contributed by atoms with Crippen LogP contribution in [0.4, 0.5) is 0 Å². The number of rotatable bonds is 2. The van der Waals surface area contributed by atoms with Crippen molar-refractivity contribution >= 4 is 12.7 Å². The van der Waals surface area contributed by atoms with E-state index in [4.69, 9.17) is 0 Å². The van der Waals surface area contributed by atoms with E-state index < -0.39 is 0 Å². The van der Waals surface area contributed by atoms with Crippen molar-refractivity contribution in [3.63, 3.8) is 0 Å². The van der Waals surface area contributed by atoms with E-state index in [9.17, 15) is 0 Å². The van der Waals surface area contributed by atoms with Gasteiger partial charge in [-0.25, -0.2) is 0 Å². The van der Waals surface area contributed by atoms with Crippen molar-refractivity contribution in [3.8, 4) is 0 Å². The zero-order valence-electron chi connectivity index (χ0n) is 10.2. The van der Waals surface area contributed by atoms with Crippen molar-refractivity contribution in [1.29, 1.82) is 0 Å². The van der Waals surface area contributed by atoms with Gasteiger partial charge in [0.15, 0.2) is 0 Å². The molecule has 1 aromatic rings. The first-order valence-corrected chi connectivity index (χ1v) is 5.67. The maximum atomic E-state index is 3.93. The maximum absolute atomic E-state index is 3.93. The fourth-order valence-corrected chi connectivity index (χ4v) is 1.00. The Labute approximate surface area is 93.7 Å². The first-order valence-electron chi connectivity index (χ1n) is 5.67. The lowest BCUT2D eigenvalue weighted by molar-refractivity contribution is 1.09. The molecule has 82 valence electrons. The zero-order chi connectivity index (χ0) is 11.5. The molecule has 0 amide bonds. The lowest BCUT2D eigenvalue weighted by Crippen LogP contribution is -2.21. The van der Waals surface area contributed by atoms with Crippen molar-refractivity contribution in [1.82, 2.24) is 0 Å². The summed E-state index contributed by atoms with van der Waals surface area (Å²) in [6, 6.07) is 8.12. The van der Waals surface area contributed by atoms with Crippen LogP contribution in [0.25, 0.3) is 12.7 Å². The van der Waals surface area contributed by atoms with Crippen LogP contribution in [0.15, 0.2) is 36.4 Å². The average molecular weight is 202 g/mol. The summed E-state index contributed by atoms with van der Waals surface area (Å²) >= 11 is 0. The number of hydrogen-bond acceptors (Lipinski definition) is 0. The van der Waals surface area contributed by atoms with E-state index in [1.807, 2.05) is 18.2 Å². The van der Waals surface area contributed by atoms with Crippen LogP contribution in [0, 0.1) is 0 Å². The topological polar surface area (TPSA) is 0 Å². The minimum absolute atomic E-state index is 1.08. The second kappa shape index (κ2) is 9.26. The first-order chi connectivity index (χ1) is 7.26. The predicted octanol–water partition coefficient (Wildman–Crippen LogP) is 3.26. The summed E-state index contributed by atoms with van der Waals surface area (Å²) in [5.41, 5.74) is 0. The van der Waals surface area contributed by atoms with E-state index in [1.165, 1.54) is 11.6 Å². The Balaban J connectivity index is 0.000000583. The highest BCUT2D eigenvalue weighted by molar-refractivity contribution is 5.37. The molecular formula is C15H22. The number of hydrogen-bond donors (Lipinski definition) is 0. The SMILES string of the molecule is C=c1cccc/c1=C/C=C\CC.CCC. The second-order valence-corrected chi connectivity index (χ2v) is 3.41. The van der Waals surface area contributed by atoms with Crippen molar-refractivity contribution in [2.75, 3.05) is 0 Å². The summed E-state index contributed by atoms with van der Waals surface area (Å²) < 4.78 is 0. The maximum Gasteiger partial charge on any atom is -0.0190 e. The molecule has 0 bridgehead atoms. The fourth-order valence-electron chi connectivity index (χ4n) is 1.00. The zero-order valence-corrected chi connectivity index (χ0v) is 10.2. The van der Waals surface area contributed by atoms with Crippen molar-refractivity contribution < 1.29 is 0 Å². The summed E-state index contributed by atoms with van der Waals surface area (Å²) in [5, 5.41) is 2.28. The molecule has 0 heteroatoms. The van der Waals surface area contributed by atoms with Gasteiger partial charge in [0.05, 0.1) is 0 Å². The largest absolute Gasteiger partial charge is 0.0912 e. The molecule has 0 nitrogen and oxygen atoms in total. The standard InChI is InChI=1S/C12H14.C3H8/c1-3-4-5-9-12-10-7-6-8-11(12)2;1-3-2/h4-10H,2-3H2,1H3;3H2,1-2H3/b5-4-,12-9-;. The Kier molecular flexibility index (Phi) is 8.46. The molecule has 1 rings (SSSR count). The van der Waals surface area contributed by atoms with Crippen LogP contribution in [0.2, 0.25) is 0 Å². The van der Waals surface area contributed by atoms with E-state index in [0.29, 0.717) is 0 Å². The Hall–Kier alpha value is -1.30. The molecule has 1 aromatic carbocycles. The van der Waals surface area contributed by atoms with Gasteiger partial charge in [0, 0.05) is 0 Å². The lowest BCUT2D eigenvalue weighted by atomic mass is 10.2. The molecule has 0 aliphatic carbocycles. The molecule has 0 radical (unpaired) electrons. The molecule has 0 unspecified atom stereocenters. The molecule has 0 N–H and O–H groups in total. The Morgan fingerprint density at radius 2 is 1.73 bits per heavy atom. The monoisotopic (exact) mass is 202 g/mol. The highest BCUT2D eigenvalue weighted by atomic mass is 13.8. The molecule has 0 heterocycles. The summed E-state index contributed by atoms with van der Waals surface area (Å²) in [6.07, 6.45) is 8.62. The van der Waals surface area contributed by atoms with Gasteiger partial charge in [-0.2, -0.15) is 0 Å². The van der Waals surface area contributed by atoms with Gasteiger partial charge in [0.25, 0.3) is 0 Å². The van der Waals surface area contributed by atoms with E-state index >= 15 is 0 Å². The molecule has 0 atom stereocenters. The highest BCUT2D eigenvalue weighted by Gasteiger charge is 1.76. The third-order valence-electron chi connectivity index (χ3n) is 1.70. The lowest BCUT2D eigenvalue weighted by Gasteiger charge is -1.84. The van der Waals surface area contributed by atoms with E-state index in [-0.39, 0.29) is 0 Å². The Morgan fingerprint density at radius 1 is 1.13 bits per heavy atom. The summed E-state index contributed by atoms with van der Waals surface area (Å²) in [6.45, 7) is 10.3. The molecule has 0 aromatic heterocycles. The van der Waals surface area contributed by atoms with E-state index in [0.717, 1.165) is 11.6 Å². The summed E-state index contributed by atoms with van der Waals surface area (Å²) in [4.78, 5) is 0. The molecule has 15 heavy (non-hydrogen) atoms. The second-order valence-electron chi connectivity index (χ2n) is 3.41. The van der Waals surface area contributed by atoms with Crippen molar-refractivity contribution in [2.45, 2.75) is 33.6 Å². The van der Waals surface area contributed by atoms with Crippen LogP contribution in [0.5, 0.6) is 0 Å². The van der Waals surface area contributed by atoms with Crippen molar-refractivity contribution in [3.05, 3.63) is 46.9 Å². The van der Waals surface area contributed by atoms with Gasteiger partial charge in [0.1, 0.15) is 0 Å². The van der Waals surface area contributed by atoms with E-state index in [2.05, 4.69) is 51.6 Å². The Bertz CT molecular complexity index is 371. The third-order valence-corrected chi connectivity index (χ3v) is 1.70. The molecule has 0 fully saturated rings. The minimum Gasteiger partial charge on any atom is -0.0912 e. The summed E-state index contributed by atoms with van der Waals surface area (Å²) in [7, 11) is 0. The van der Waals surface area contributed by atoms with Gasteiger partial charge in [-0.1, -0.05) is 76.3 Å². The Morgan fingerprint density at radius 3 is 2.27 bits per heavy atom. The van der Waals surface area contributed by atoms with Gasteiger partial charge in [-0.05, 0) is 16.9 Å². The van der Waals surface area contributed by atoms with Crippen LogP contribution in [0.1, 0.15) is 33.6 Å².